The smallest absolute Gasteiger partial charge is 0.119 e. The molecule has 0 saturated carbocycles. The molecule has 1 aliphatic heterocycles. The lowest BCUT2D eigenvalue weighted by atomic mass is 9.96. The van der Waals surface area contributed by atoms with Gasteiger partial charge in [-0.15, -0.1) is 0 Å². The van der Waals surface area contributed by atoms with Crippen LogP contribution in [-0.2, 0) is 6.54 Å². The average molecular weight is 353 g/mol. The Morgan fingerprint density at radius 3 is 2.73 bits per heavy atom. The SMILES string of the molecule is CCCCCCOc1ccc(CN2CCCCC2c2cccnc2)cc1. The molecule has 1 aliphatic rings. The minimum Gasteiger partial charge on any atom is -0.494 e. The third kappa shape index (κ3) is 5.57. The topological polar surface area (TPSA) is 25.4 Å². The van der Waals surface area contributed by atoms with E-state index in [0.717, 1.165) is 31.9 Å². The van der Waals surface area contributed by atoms with E-state index in [2.05, 4.69) is 53.2 Å². The molecule has 0 spiro atoms. The summed E-state index contributed by atoms with van der Waals surface area (Å²) in [7, 11) is 0. The minimum atomic E-state index is 0.493. The standard InChI is InChI=1S/C23H32N2O/c1-2-3-4-7-17-26-22-13-11-20(12-14-22)19-25-16-6-5-10-23(25)21-9-8-15-24-18-21/h8-9,11-15,18,23H,2-7,10,16-17,19H2,1H3. The normalized spacial score (nSPS) is 18.0. The molecule has 0 aliphatic carbocycles. The van der Waals surface area contributed by atoms with Crippen molar-refractivity contribution >= 4 is 0 Å². The Labute approximate surface area is 158 Å². The summed E-state index contributed by atoms with van der Waals surface area (Å²) in [6.45, 7) is 5.22. The Morgan fingerprint density at radius 1 is 1.08 bits per heavy atom. The van der Waals surface area contributed by atoms with Gasteiger partial charge in [-0.05, 0) is 55.1 Å². The Hall–Kier alpha value is -1.87. The molecule has 2 aromatic rings. The molecule has 1 aromatic heterocycles. The third-order valence-electron chi connectivity index (χ3n) is 5.26. The summed E-state index contributed by atoms with van der Waals surface area (Å²) in [6, 6.07) is 13.4. The maximum atomic E-state index is 5.87. The molecule has 3 rings (SSSR count). The van der Waals surface area contributed by atoms with Crippen LogP contribution >= 0.6 is 0 Å². The van der Waals surface area contributed by atoms with Crippen molar-refractivity contribution in [1.82, 2.24) is 9.88 Å². The average Bonchev–Trinajstić information content (AvgIpc) is 2.70. The number of hydrogen-bond acceptors (Lipinski definition) is 3. The number of likely N-dealkylation sites (tertiary alicyclic amines) is 1. The molecule has 1 saturated heterocycles. The second kappa shape index (κ2) is 10.3. The molecule has 0 bridgehead atoms. The molecule has 0 amide bonds. The first-order valence-corrected chi connectivity index (χ1v) is 10.2. The van der Waals surface area contributed by atoms with Crippen LogP contribution in [0.15, 0.2) is 48.8 Å². The van der Waals surface area contributed by atoms with Gasteiger partial charge in [0.05, 0.1) is 6.61 Å². The summed E-state index contributed by atoms with van der Waals surface area (Å²) < 4.78 is 5.87. The van der Waals surface area contributed by atoms with Gasteiger partial charge in [0.2, 0.25) is 0 Å². The molecular weight excluding hydrogens is 320 g/mol. The summed E-state index contributed by atoms with van der Waals surface area (Å²) in [5, 5.41) is 0. The lowest BCUT2D eigenvalue weighted by molar-refractivity contribution is 0.140. The van der Waals surface area contributed by atoms with Crippen molar-refractivity contribution in [3.63, 3.8) is 0 Å². The number of ether oxygens (including phenoxy) is 1. The summed E-state index contributed by atoms with van der Waals surface area (Å²) in [5.74, 6) is 0.993. The van der Waals surface area contributed by atoms with E-state index in [4.69, 9.17) is 4.74 Å². The van der Waals surface area contributed by atoms with Gasteiger partial charge < -0.3 is 4.74 Å². The van der Waals surface area contributed by atoms with Crippen LogP contribution in [0.3, 0.4) is 0 Å². The van der Waals surface area contributed by atoms with Gasteiger partial charge in [-0.1, -0.05) is 50.8 Å². The lowest BCUT2D eigenvalue weighted by Gasteiger charge is -2.36. The van der Waals surface area contributed by atoms with Crippen molar-refractivity contribution in [3.05, 3.63) is 59.9 Å². The Morgan fingerprint density at radius 2 is 1.96 bits per heavy atom. The molecule has 1 fully saturated rings. The van der Waals surface area contributed by atoms with Crippen molar-refractivity contribution in [2.75, 3.05) is 13.2 Å². The quantitative estimate of drug-likeness (QED) is 0.536. The van der Waals surface area contributed by atoms with E-state index in [1.807, 2.05) is 12.4 Å². The van der Waals surface area contributed by atoms with E-state index < -0.39 is 0 Å². The zero-order valence-corrected chi connectivity index (χ0v) is 16.1. The molecule has 3 nitrogen and oxygen atoms in total. The second-order valence-corrected chi connectivity index (χ2v) is 7.32. The van der Waals surface area contributed by atoms with E-state index >= 15 is 0 Å². The molecule has 3 heteroatoms. The number of benzene rings is 1. The van der Waals surface area contributed by atoms with Gasteiger partial charge in [-0.25, -0.2) is 0 Å². The van der Waals surface area contributed by atoms with Crippen LogP contribution in [0.5, 0.6) is 5.75 Å². The largest absolute Gasteiger partial charge is 0.494 e. The number of hydrogen-bond donors (Lipinski definition) is 0. The number of unbranched alkanes of at least 4 members (excludes halogenated alkanes) is 3. The fourth-order valence-electron chi connectivity index (χ4n) is 3.78. The maximum absolute atomic E-state index is 5.87. The van der Waals surface area contributed by atoms with E-state index in [1.54, 1.807) is 0 Å². The highest BCUT2D eigenvalue weighted by atomic mass is 16.5. The molecular formula is C23H32N2O. The molecule has 0 radical (unpaired) electrons. The summed E-state index contributed by atoms with van der Waals surface area (Å²) in [6.07, 6.45) is 12.7. The first-order valence-electron chi connectivity index (χ1n) is 10.2. The molecule has 2 heterocycles. The minimum absolute atomic E-state index is 0.493. The molecule has 1 aromatic carbocycles. The van der Waals surface area contributed by atoms with Crippen LogP contribution in [-0.4, -0.2) is 23.0 Å². The highest BCUT2D eigenvalue weighted by Crippen LogP contribution is 2.31. The van der Waals surface area contributed by atoms with Crippen LogP contribution in [0.25, 0.3) is 0 Å². The van der Waals surface area contributed by atoms with Crippen molar-refractivity contribution in [1.29, 1.82) is 0 Å². The third-order valence-corrected chi connectivity index (χ3v) is 5.26. The van der Waals surface area contributed by atoms with Gasteiger partial charge >= 0.3 is 0 Å². The monoisotopic (exact) mass is 352 g/mol. The number of pyridine rings is 1. The summed E-state index contributed by atoms with van der Waals surface area (Å²) >= 11 is 0. The highest BCUT2D eigenvalue weighted by Gasteiger charge is 2.23. The van der Waals surface area contributed by atoms with E-state index in [1.165, 1.54) is 49.7 Å². The maximum Gasteiger partial charge on any atom is 0.119 e. The van der Waals surface area contributed by atoms with Crippen molar-refractivity contribution in [2.24, 2.45) is 0 Å². The van der Waals surface area contributed by atoms with E-state index in [-0.39, 0.29) is 0 Å². The first kappa shape index (κ1) is 18.9. The molecule has 26 heavy (non-hydrogen) atoms. The van der Waals surface area contributed by atoms with Crippen molar-refractivity contribution in [2.45, 2.75) is 64.5 Å². The predicted octanol–water partition coefficient (Wildman–Crippen LogP) is 5.77. The van der Waals surface area contributed by atoms with Gasteiger partial charge in [0, 0.05) is 25.0 Å². The number of aromatic nitrogens is 1. The van der Waals surface area contributed by atoms with Gasteiger partial charge in [0.15, 0.2) is 0 Å². The highest BCUT2D eigenvalue weighted by molar-refractivity contribution is 5.27. The Bertz CT molecular complexity index is 626. The van der Waals surface area contributed by atoms with E-state index in [0.29, 0.717) is 6.04 Å². The van der Waals surface area contributed by atoms with Gasteiger partial charge in [-0.3, -0.25) is 9.88 Å². The van der Waals surface area contributed by atoms with Crippen molar-refractivity contribution < 1.29 is 4.74 Å². The predicted molar refractivity (Wildman–Crippen MR) is 107 cm³/mol. The Balaban J connectivity index is 1.54. The first-order chi connectivity index (χ1) is 12.9. The number of piperidine rings is 1. The fourth-order valence-corrected chi connectivity index (χ4v) is 3.78. The van der Waals surface area contributed by atoms with Gasteiger partial charge in [0.25, 0.3) is 0 Å². The lowest BCUT2D eigenvalue weighted by Crippen LogP contribution is -2.32. The zero-order valence-electron chi connectivity index (χ0n) is 16.1. The summed E-state index contributed by atoms with van der Waals surface area (Å²) in [4.78, 5) is 6.92. The second-order valence-electron chi connectivity index (χ2n) is 7.32. The zero-order chi connectivity index (χ0) is 18.0. The van der Waals surface area contributed by atoms with Crippen LogP contribution in [0.4, 0.5) is 0 Å². The number of rotatable bonds is 9. The molecule has 140 valence electrons. The summed E-state index contributed by atoms with van der Waals surface area (Å²) in [5.41, 5.74) is 2.71. The van der Waals surface area contributed by atoms with E-state index in [9.17, 15) is 0 Å². The fraction of sp³-hybridized carbons (Fsp3) is 0.522. The molecule has 1 unspecified atom stereocenters. The van der Waals surface area contributed by atoms with Crippen LogP contribution in [0, 0.1) is 0 Å². The Kier molecular flexibility index (Phi) is 7.51. The molecule has 1 atom stereocenters. The molecule has 0 N–H and O–H groups in total. The van der Waals surface area contributed by atoms with Gasteiger partial charge in [0.1, 0.15) is 5.75 Å². The van der Waals surface area contributed by atoms with Gasteiger partial charge in [-0.2, -0.15) is 0 Å². The van der Waals surface area contributed by atoms with Crippen molar-refractivity contribution in [3.8, 4) is 5.75 Å². The van der Waals surface area contributed by atoms with Crippen LogP contribution < -0.4 is 4.74 Å². The number of nitrogens with zero attached hydrogens (tertiary/aromatic N) is 2. The van der Waals surface area contributed by atoms with Crippen LogP contribution in [0.2, 0.25) is 0 Å². The van der Waals surface area contributed by atoms with Crippen LogP contribution in [0.1, 0.15) is 69.0 Å².